The lowest BCUT2D eigenvalue weighted by atomic mass is 10.4. The van der Waals surface area contributed by atoms with Crippen LogP contribution in [-0.4, -0.2) is 10.2 Å². The fraction of sp³-hybridized carbons (Fsp3) is 0.571. The monoisotopic (exact) mass is 142 g/mol. The number of nitrogens with zero attached hydrogens (tertiary/aromatic N) is 2. The molecular formula is C7H14N2O. The third-order valence-electron chi connectivity index (χ3n) is 1.89. The molecule has 0 aliphatic heterocycles. The van der Waals surface area contributed by atoms with E-state index in [9.17, 15) is 0 Å². The molecule has 0 saturated heterocycles. The number of rotatable bonds is 0. The summed E-state index contributed by atoms with van der Waals surface area (Å²) in [5.74, 6) is 0. The van der Waals surface area contributed by atoms with Crippen molar-refractivity contribution in [3.63, 3.8) is 0 Å². The first-order chi connectivity index (χ1) is 4.13. The zero-order chi connectivity index (χ0) is 7.02. The van der Waals surface area contributed by atoms with Crippen LogP contribution in [0.1, 0.15) is 11.4 Å². The largest absolute Gasteiger partial charge is 0.870 e. The molecule has 0 saturated carbocycles. The van der Waals surface area contributed by atoms with Crippen molar-refractivity contribution in [2.75, 3.05) is 0 Å². The van der Waals surface area contributed by atoms with Crippen LogP contribution in [0, 0.1) is 13.8 Å². The van der Waals surface area contributed by atoms with E-state index in [0.717, 1.165) is 0 Å². The van der Waals surface area contributed by atoms with Gasteiger partial charge in [-0.05, 0) is 6.92 Å². The van der Waals surface area contributed by atoms with E-state index >= 15 is 0 Å². The maximum Gasteiger partial charge on any atom is 0.204 e. The first-order valence-electron chi connectivity index (χ1n) is 3.12. The molecule has 1 rings (SSSR count). The van der Waals surface area contributed by atoms with Crippen LogP contribution in [-0.2, 0) is 14.1 Å². The van der Waals surface area contributed by atoms with Gasteiger partial charge in [-0.1, -0.05) is 0 Å². The standard InChI is InChI=1S/C7H13N2.H2O/c1-6-5-7(2)9(4)8(6)3;/h5H,1-4H3;1H2/q+1;/p-1. The van der Waals surface area contributed by atoms with Crippen molar-refractivity contribution in [1.29, 1.82) is 0 Å². The lowest BCUT2D eigenvalue weighted by Gasteiger charge is -1.90. The summed E-state index contributed by atoms with van der Waals surface area (Å²) in [5, 5.41) is 0. The molecule has 3 nitrogen and oxygen atoms in total. The zero-order valence-corrected chi connectivity index (χ0v) is 6.92. The zero-order valence-electron chi connectivity index (χ0n) is 6.92. The Balaban J connectivity index is 0.000000810. The molecule has 0 radical (unpaired) electrons. The van der Waals surface area contributed by atoms with E-state index in [4.69, 9.17) is 0 Å². The summed E-state index contributed by atoms with van der Waals surface area (Å²) < 4.78 is 4.24. The van der Waals surface area contributed by atoms with Crippen LogP contribution < -0.4 is 4.68 Å². The molecule has 10 heavy (non-hydrogen) atoms. The normalized spacial score (nSPS) is 9.20. The Bertz CT molecular complexity index is 205. The first kappa shape index (κ1) is 9.17. The van der Waals surface area contributed by atoms with Gasteiger partial charge in [-0.2, -0.15) is 4.68 Å². The van der Waals surface area contributed by atoms with Crippen molar-refractivity contribution in [1.82, 2.24) is 4.68 Å². The van der Waals surface area contributed by atoms with Crippen molar-refractivity contribution in [3.8, 4) is 0 Å². The minimum Gasteiger partial charge on any atom is -0.870 e. The van der Waals surface area contributed by atoms with Crippen LogP contribution in [0.3, 0.4) is 0 Å². The van der Waals surface area contributed by atoms with Gasteiger partial charge in [0.25, 0.3) is 0 Å². The minimum atomic E-state index is 0. The maximum atomic E-state index is 2.17. The Morgan fingerprint density at radius 3 is 2.00 bits per heavy atom. The number of hydrogen-bond donors (Lipinski definition) is 0. The van der Waals surface area contributed by atoms with E-state index in [1.165, 1.54) is 11.4 Å². The molecule has 1 N–H and O–H groups in total. The molecule has 3 heteroatoms. The van der Waals surface area contributed by atoms with Gasteiger partial charge in [-0.15, -0.1) is 4.68 Å². The van der Waals surface area contributed by atoms with Gasteiger partial charge in [0.05, 0.1) is 12.7 Å². The predicted molar refractivity (Wildman–Crippen MR) is 38.0 cm³/mol. The van der Waals surface area contributed by atoms with Gasteiger partial charge in [0, 0.05) is 13.0 Å². The van der Waals surface area contributed by atoms with E-state index in [-0.39, 0.29) is 5.48 Å². The molecule has 0 amide bonds. The van der Waals surface area contributed by atoms with E-state index in [2.05, 4.69) is 43.4 Å². The molecule has 0 bridgehead atoms. The highest BCUT2D eigenvalue weighted by Crippen LogP contribution is 1.94. The van der Waals surface area contributed by atoms with Crippen LogP contribution >= 0.6 is 0 Å². The Kier molecular flexibility index (Phi) is 2.60. The van der Waals surface area contributed by atoms with E-state index in [1.54, 1.807) is 0 Å². The second kappa shape index (κ2) is 2.84. The summed E-state index contributed by atoms with van der Waals surface area (Å²) >= 11 is 0. The summed E-state index contributed by atoms with van der Waals surface area (Å²) in [4.78, 5) is 0. The van der Waals surface area contributed by atoms with E-state index < -0.39 is 0 Å². The Morgan fingerprint density at radius 2 is 1.90 bits per heavy atom. The van der Waals surface area contributed by atoms with Gasteiger partial charge in [-0.25, -0.2) is 0 Å². The lowest BCUT2D eigenvalue weighted by Crippen LogP contribution is -2.39. The molecule has 0 aromatic carbocycles. The lowest BCUT2D eigenvalue weighted by molar-refractivity contribution is -0.756. The summed E-state index contributed by atoms with van der Waals surface area (Å²) in [6, 6.07) is 2.17. The summed E-state index contributed by atoms with van der Waals surface area (Å²) in [7, 11) is 4.12. The molecule has 1 aromatic heterocycles. The molecule has 0 unspecified atom stereocenters. The highest BCUT2D eigenvalue weighted by Gasteiger charge is 2.06. The van der Waals surface area contributed by atoms with Gasteiger partial charge in [-0.3, -0.25) is 0 Å². The molecule has 1 aromatic rings. The fourth-order valence-corrected chi connectivity index (χ4v) is 0.962. The molecule has 58 valence electrons. The molecular weight excluding hydrogens is 128 g/mol. The van der Waals surface area contributed by atoms with Gasteiger partial charge in [0.2, 0.25) is 5.69 Å². The fourth-order valence-electron chi connectivity index (χ4n) is 0.962. The maximum absolute atomic E-state index is 2.17. The number of aryl methyl sites for hydroxylation is 2. The molecule has 0 spiro atoms. The van der Waals surface area contributed by atoms with Crippen LogP contribution in [0.25, 0.3) is 0 Å². The quantitative estimate of drug-likeness (QED) is 0.480. The second-order valence-corrected chi connectivity index (χ2v) is 2.47. The van der Waals surface area contributed by atoms with E-state index in [0.29, 0.717) is 0 Å². The molecule has 1 heterocycles. The van der Waals surface area contributed by atoms with Crippen molar-refractivity contribution < 1.29 is 10.2 Å². The van der Waals surface area contributed by atoms with Crippen molar-refractivity contribution in [2.24, 2.45) is 14.1 Å². The molecule has 0 aliphatic carbocycles. The van der Waals surface area contributed by atoms with Crippen molar-refractivity contribution in [3.05, 3.63) is 17.5 Å². The molecule has 0 aliphatic rings. The third kappa shape index (κ3) is 1.19. The van der Waals surface area contributed by atoms with Crippen LogP contribution in [0.15, 0.2) is 6.07 Å². The Hall–Kier alpha value is -0.830. The first-order valence-corrected chi connectivity index (χ1v) is 3.12. The van der Waals surface area contributed by atoms with Crippen molar-refractivity contribution in [2.45, 2.75) is 13.8 Å². The van der Waals surface area contributed by atoms with Gasteiger partial charge < -0.3 is 5.48 Å². The van der Waals surface area contributed by atoms with Crippen LogP contribution in [0.5, 0.6) is 0 Å². The summed E-state index contributed by atoms with van der Waals surface area (Å²) in [6.45, 7) is 4.21. The van der Waals surface area contributed by atoms with Crippen molar-refractivity contribution >= 4 is 0 Å². The third-order valence-corrected chi connectivity index (χ3v) is 1.89. The SMILES string of the molecule is Cc1cc(C)[n+](C)n1C.[OH-]. The second-order valence-electron chi connectivity index (χ2n) is 2.47. The Labute approximate surface area is 61.2 Å². The summed E-state index contributed by atoms with van der Waals surface area (Å²) in [5.41, 5.74) is 2.60. The highest BCUT2D eigenvalue weighted by atomic mass is 16.0. The molecule has 0 fully saturated rings. The van der Waals surface area contributed by atoms with Gasteiger partial charge >= 0.3 is 0 Å². The number of aromatic nitrogens is 2. The smallest absolute Gasteiger partial charge is 0.204 e. The number of hydrogen-bond acceptors (Lipinski definition) is 1. The van der Waals surface area contributed by atoms with Crippen LogP contribution in [0.4, 0.5) is 0 Å². The summed E-state index contributed by atoms with van der Waals surface area (Å²) in [6.07, 6.45) is 0. The average Bonchev–Trinajstić information content (AvgIpc) is 1.98. The average molecular weight is 142 g/mol. The van der Waals surface area contributed by atoms with Crippen LogP contribution in [0.2, 0.25) is 0 Å². The topological polar surface area (TPSA) is 38.8 Å². The van der Waals surface area contributed by atoms with Gasteiger partial charge in [0.1, 0.15) is 0 Å². The van der Waals surface area contributed by atoms with Gasteiger partial charge in [0.15, 0.2) is 7.05 Å². The predicted octanol–water partition coefficient (Wildman–Crippen LogP) is 0.290. The Morgan fingerprint density at radius 1 is 1.40 bits per heavy atom. The molecule has 0 atom stereocenters. The van der Waals surface area contributed by atoms with E-state index in [1.807, 2.05) is 0 Å². The highest BCUT2D eigenvalue weighted by molar-refractivity contribution is 5.00. The minimum absolute atomic E-state index is 0.